The number of piperidine rings is 1. The molecule has 7 nitrogen and oxygen atoms in total. The van der Waals surface area contributed by atoms with Gasteiger partial charge in [0, 0.05) is 86.9 Å². The van der Waals surface area contributed by atoms with Gasteiger partial charge in [-0.2, -0.15) is 0 Å². The molecule has 1 aromatic heterocycles. The van der Waals surface area contributed by atoms with Crippen LogP contribution in [0.3, 0.4) is 0 Å². The summed E-state index contributed by atoms with van der Waals surface area (Å²) in [5.74, 6) is -0.802. The minimum absolute atomic E-state index is 0.228. The topological polar surface area (TPSA) is 66.9 Å². The molecule has 246 valence electrons. The fourth-order valence-corrected chi connectivity index (χ4v) is 5.42. The number of likely N-dealkylation sites (tertiary alicyclic amines) is 1. The first-order valence-electron chi connectivity index (χ1n) is 15.2. The van der Waals surface area contributed by atoms with Crippen molar-refractivity contribution in [2.45, 2.75) is 31.7 Å². The van der Waals surface area contributed by atoms with E-state index in [1.807, 2.05) is 19.0 Å². The largest absolute Gasteiger partial charge is 0.573 e. The molecule has 4 aromatic rings. The predicted molar refractivity (Wildman–Crippen MR) is 174 cm³/mol. The van der Waals surface area contributed by atoms with Crippen LogP contribution in [0.15, 0.2) is 91.6 Å². The van der Waals surface area contributed by atoms with E-state index in [-0.39, 0.29) is 28.9 Å². The molecule has 47 heavy (non-hydrogen) atoms. The third-order valence-electron chi connectivity index (χ3n) is 7.92. The van der Waals surface area contributed by atoms with E-state index in [4.69, 9.17) is 4.74 Å². The third kappa shape index (κ3) is 8.81. The molecule has 1 amide bonds. The van der Waals surface area contributed by atoms with Gasteiger partial charge >= 0.3 is 6.36 Å². The molecule has 0 atom stereocenters. The van der Waals surface area contributed by atoms with Crippen molar-refractivity contribution in [2.75, 3.05) is 38.6 Å². The summed E-state index contributed by atoms with van der Waals surface area (Å²) in [7, 11) is 3.98. The van der Waals surface area contributed by atoms with Crippen LogP contribution >= 0.6 is 0 Å². The first-order valence-corrected chi connectivity index (χ1v) is 15.2. The normalized spacial score (nSPS) is 13.6. The van der Waals surface area contributed by atoms with Gasteiger partial charge in [-0.25, -0.2) is 9.37 Å². The number of amides is 1. The highest BCUT2D eigenvalue weighted by atomic mass is 19.4. The fraction of sp³-hybridized carbons (Fsp3) is 0.278. The second kappa shape index (κ2) is 14.6. The molecule has 0 radical (unpaired) electrons. The summed E-state index contributed by atoms with van der Waals surface area (Å²) in [6.45, 7) is 5.50. The van der Waals surface area contributed by atoms with E-state index in [1.165, 1.54) is 36.5 Å². The third-order valence-corrected chi connectivity index (χ3v) is 7.92. The number of pyridine rings is 1. The number of aromatic nitrogens is 1. The average Bonchev–Trinajstić information content (AvgIpc) is 3.05. The number of ether oxygens (including phenoxy) is 2. The van der Waals surface area contributed by atoms with Crippen LogP contribution in [0.4, 0.5) is 23.2 Å². The standard InChI is InChI=1S/C36H36F4N4O3/c1-24(41-19-16-25-8-12-28(13-9-25)43(2)3)30-14-11-27(37)22-32(30)35(45)44-20-17-29(18-21-44)46-34-15-10-26(23-42-34)31-6-4-5-7-33(31)47-36(38,39)40/h4-15,22-23,29,41H,1,16-21H2,2-3H3. The summed E-state index contributed by atoms with van der Waals surface area (Å²) in [6.07, 6.45) is -1.82. The molecule has 1 N–H and O–H groups in total. The Balaban J connectivity index is 1.16. The average molecular weight is 649 g/mol. The number of anilines is 1. The van der Waals surface area contributed by atoms with Gasteiger partial charge in [-0.05, 0) is 54.4 Å². The lowest BCUT2D eigenvalue weighted by Crippen LogP contribution is -2.42. The Labute approximate surface area is 271 Å². The Hall–Kier alpha value is -5.06. The Kier molecular flexibility index (Phi) is 10.3. The first kappa shape index (κ1) is 33.3. The van der Waals surface area contributed by atoms with Gasteiger partial charge in [-0.1, -0.05) is 36.9 Å². The number of halogens is 4. The van der Waals surface area contributed by atoms with Crippen LogP contribution in [0.25, 0.3) is 16.8 Å². The second-order valence-corrected chi connectivity index (χ2v) is 11.4. The van der Waals surface area contributed by atoms with Crippen molar-refractivity contribution in [3.63, 3.8) is 0 Å². The Morgan fingerprint density at radius 3 is 2.38 bits per heavy atom. The number of nitrogens with one attached hydrogen (secondary N) is 1. The summed E-state index contributed by atoms with van der Waals surface area (Å²) in [4.78, 5) is 21.6. The molecule has 0 saturated carbocycles. The van der Waals surface area contributed by atoms with E-state index < -0.39 is 12.2 Å². The van der Waals surface area contributed by atoms with Crippen LogP contribution in [0.5, 0.6) is 11.6 Å². The molecule has 1 saturated heterocycles. The van der Waals surface area contributed by atoms with E-state index in [0.717, 1.165) is 17.7 Å². The molecule has 1 aliphatic heterocycles. The number of hydrogen-bond acceptors (Lipinski definition) is 6. The zero-order valence-electron chi connectivity index (χ0n) is 26.2. The van der Waals surface area contributed by atoms with Crippen molar-refractivity contribution >= 4 is 17.3 Å². The highest BCUT2D eigenvalue weighted by Crippen LogP contribution is 2.34. The maximum absolute atomic E-state index is 14.3. The SMILES string of the molecule is C=C(NCCc1ccc(N(C)C)cc1)c1ccc(F)cc1C(=O)N1CCC(Oc2ccc(-c3ccccc3OC(F)(F)F)cn2)CC1. The van der Waals surface area contributed by atoms with E-state index >= 15 is 0 Å². The Morgan fingerprint density at radius 2 is 1.72 bits per heavy atom. The number of carbonyl (C=O) groups is 1. The van der Waals surface area contributed by atoms with Gasteiger partial charge in [0.25, 0.3) is 5.91 Å². The van der Waals surface area contributed by atoms with Crippen LogP contribution in [0.2, 0.25) is 0 Å². The predicted octanol–water partition coefficient (Wildman–Crippen LogP) is 7.34. The minimum atomic E-state index is -4.82. The summed E-state index contributed by atoms with van der Waals surface area (Å²) in [6, 6.07) is 21.4. The molecule has 0 spiro atoms. The van der Waals surface area contributed by atoms with Crippen molar-refractivity contribution in [1.82, 2.24) is 15.2 Å². The van der Waals surface area contributed by atoms with E-state index in [9.17, 15) is 22.4 Å². The number of nitrogens with zero attached hydrogens (tertiary/aromatic N) is 3. The molecule has 0 aliphatic carbocycles. The molecule has 11 heteroatoms. The van der Waals surface area contributed by atoms with Gasteiger partial charge in [0.05, 0.1) is 5.56 Å². The van der Waals surface area contributed by atoms with Gasteiger partial charge < -0.3 is 24.6 Å². The van der Waals surface area contributed by atoms with Crippen LogP contribution in [0, 0.1) is 5.82 Å². The van der Waals surface area contributed by atoms with Crippen LogP contribution < -0.4 is 19.7 Å². The van der Waals surface area contributed by atoms with Crippen LogP contribution in [-0.2, 0) is 6.42 Å². The van der Waals surface area contributed by atoms with Crippen molar-refractivity contribution in [3.05, 3.63) is 114 Å². The molecule has 1 fully saturated rings. The number of hydrogen-bond donors (Lipinski definition) is 1. The van der Waals surface area contributed by atoms with Gasteiger partial charge in [0.15, 0.2) is 0 Å². The number of benzene rings is 3. The van der Waals surface area contributed by atoms with Crippen molar-refractivity contribution in [1.29, 1.82) is 0 Å². The van der Waals surface area contributed by atoms with E-state index in [2.05, 4.69) is 45.9 Å². The quantitative estimate of drug-likeness (QED) is 0.172. The van der Waals surface area contributed by atoms with Gasteiger partial charge in [-0.3, -0.25) is 4.79 Å². The van der Waals surface area contributed by atoms with Crippen molar-refractivity contribution < 1.29 is 31.8 Å². The zero-order valence-corrected chi connectivity index (χ0v) is 26.2. The molecule has 0 bridgehead atoms. The number of rotatable bonds is 11. The summed E-state index contributed by atoms with van der Waals surface area (Å²) in [5, 5.41) is 3.28. The molecule has 3 aromatic carbocycles. The van der Waals surface area contributed by atoms with Crippen molar-refractivity contribution in [3.8, 4) is 22.8 Å². The van der Waals surface area contributed by atoms with Crippen LogP contribution in [0.1, 0.15) is 34.3 Å². The summed E-state index contributed by atoms with van der Waals surface area (Å²) in [5.41, 5.74) is 4.29. The zero-order chi connectivity index (χ0) is 33.6. The molecule has 0 unspecified atom stereocenters. The summed E-state index contributed by atoms with van der Waals surface area (Å²) >= 11 is 0. The molecule has 1 aliphatic rings. The number of alkyl halides is 3. The second-order valence-electron chi connectivity index (χ2n) is 11.4. The highest BCUT2D eigenvalue weighted by molar-refractivity contribution is 5.99. The first-order chi connectivity index (χ1) is 22.5. The smallest absolute Gasteiger partial charge is 0.474 e. The summed E-state index contributed by atoms with van der Waals surface area (Å²) < 4.78 is 63.0. The van der Waals surface area contributed by atoms with E-state index in [1.54, 1.807) is 29.2 Å². The lowest BCUT2D eigenvalue weighted by molar-refractivity contribution is -0.274. The minimum Gasteiger partial charge on any atom is -0.474 e. The molecular formula is C36H36F4N4O3. The van der Waals surface area contributed by atoms with Crippen molar-refractivity contribution in [2.24, 2.45) is 0 Å². The molecule has 5 rings (SSSR count). The highest BCUT2D eigenvalue weighted by Gasteiger charge is 2.32. The number of para-hydroxylation sites is 1. The van der Waals surface area contributed by atoms with Gasteiger partial charge in [-0.15, -0.1) is 13.2 Å². The lowest BCUT2D eigenvalue weighted by Gasteiger charge is -2.32. The molecular weight excluding hydrogens is 612 g/mol. The Bertz CT molecular complexity index is 1680. The van der Waals surface area contributed by atoms with Crippen LogP contribution in [-0.4, -0.2) is 62.0 Å². The Morgan fingerprint density at radius 1 is 1.00 bits per heavy atom. The molecule has 2 heterocycles. The number of carbonyl (C=O) groups excluding carboxylic acids is 1. The lowest BCUT2D eigenvalue weighted by atomic mass is 10.0. The maximum atomic E-state index is 14.3. The monoisotopic (exact) mass is 648 g/mol. The van der Waals surface area contributed by atoms with Gasteiger partial charge in [0.2, 0.25) is 5.88 Å². The fourth-order valence-electron chi connectivity index (χ4n) is 5.42. The maximum Gasteiger partial charge on any atom is 0.573 e. The van der Waals surface area contributed by atoms with E-state index in [0.29, 0.717) is 55.2 Å². The van der Waals surface area contributed by atoms with Gasteiger partial charge in [0.1, 0.15) is 17.7 Å².